The van der Waals surface area contributed by atoms with Gasteiger partial charge in [-0.25, -0.2) is 14.6 Å². The molecule has 1 amide bonds. The maximum Gasteiger partial charge on any atom is 0.225 e. The van der Waals surface area contributed by atoms with Crippen molar-refractivity contribution < 1.29 is 14.7 Å². The summed E-state index contributed by atoms with van der Waals surface area (Å²) >= 11 is 0. The molecule has 1 N–H and O–H groups in total. The number of Topliss-reactive ketones (excluding diaryl/α,β-unsaturated/α-hetero) is 1. The van der Waals surface area contributed by atoms with Crippen LogP contribution in [0.1, 0.15) is 55.6 Å². The third-order valence-corrected chi connectivity index (χ3v) is 6.32. The van der Waals surface area contributed by atoms with Crippen LogP contribution in [0.2, 0.25) is 0 Å². The van der Waals surface area contributed by atoms with Crippen molar-refractivity contribution in [3.05, 3.63) is 41.7 Å². The zero-order chi connectivity index (χ0) is 24.2. The monoisotopic (exact) mass is 465 g/mol. The Balaban J connectivity index is 1.35. The standard InChI is InChI=1S/C24H31N7O3/c1-16(2)31-22-5-4-19(10-21(22)27-28-31)14-30(17(3)33)13-18-6-8-29(9-7-18)24-25-11-20(12-26-24)23(34)15-32/h4-5,10-12,16,18,32H,6-9,13-15H2,1-3H3. The molecule has 34 heavy (non-hydrogen) atoms. The van der Waals surface area contributed by atoms with Crippen molar-refractivity contribution in [1.29, 1.82) is 0 Å². The molecule has 10 nitrogen and oxygen atoms in total. The molecule has 1 saturated heterocycles. The van der Waals surface area contributed by atoms with E-state index in [9.17, 15) is 9.59 Å². The summed E-state index contributed by atoms with van der Waals surface area (Å²) in [6, 6.07) is 6.33. The van der Waals surface area contributed by atoms with Gasteiger partial charge in [0.2, 0.25) is 11.9 Å². The fraction of sp³-hybridized carbons (Fsp3) is 0.500. The van der Waals surface area contributed by atoms with Crippen LogP contribution in [0.5, 0.6) is 0 Å². The molecule has 180 valence electrons. The van der Waals surface area contributed by atoms with Crippen LogP contribution in [0.3, 0.4) is 0 Å². The van der Waals surface area contributed by atoms with Crippen LogP contribution in [0, 0.1) is 5.92 Å². The van der Waals surface area contributed by atoms with Crippen molar-refractivity contribution >= 4 is 28.7 Å². The van der Waals surface area contributed by atoms with Crippen LogP contribution in [0.25, 0.3) is 11.0 Å². The van der Waals surface area contributed by atoms with Crippen molar-refractivity contribution in [2.24, 2.45) is 5.92 Å². The summed E-state index contributed by atoms with van der Waals surface area (Å²) in [7, 11) is 0. The van der Waals surface area contributed by atoms with E-state index < -0.39 is 12.4 Å². The van der Waals surface area contributed by atoms with Crippen molar-refractivity contribution in [1.82, 2.24) is 29.9 Å². The highest BCUT2D eigenvalue weighted by Crippen LogP contribution is 2.23. The molecule has 0 atom stereocenters. The Kier molecular flexibility index (Phi) is 7.16. The first-order chi connectivity index (χ1) is 16.4. The van der Waals surface area contributed by atoms with E-state index >= 15 is 0 Å². The SMILES string of the molecule is CC(=O)N(Cc1ccc2c(c1)nnn2C(C)C)CC1CCN(c2ncc(C(=O)CO)cn2)CC1. The average molecular weight is 466 g/mol. The molecule has 3 heterocycles. The summed E-state index contributed by atoms with van der Waals surface area (Å²) < 4.78 is 1.90. The average Bonchev–Trinajstić information content (AvgIpc) is 3.27. The minimum Gasteiger partial charge on any atom is -0.388 e. The third kappa shape index (κ3) is 5.22. The first kappa shape index (κ1) is 23.7. The summed E-state index contributed by atoms with van der Waals surface area (Å²) in [4.78, 5) is 36.5. The third-order valence-electron chi connectivity index (χ3n) is 6.32. The van der Waals surface area contributed by atoms with Gasteiger partial charge in [0.1, 0.15) is 12.1 Å². The van der Waals surface area contributed by atoms with E-state index in [2.05, 4.69) is 39.0 Å². The van der Waals surface area contributed by atoms with Gasteiger partial charge in [0.15, 0.2) is 5.78 Å². The minimum atomic E-state index is -0.549. The Morgan fingerprint density at radius 1 is 1.18 bits per heavy atom. The molecule has 4 rings (SSSR count). The van der Waals surface area contributed by atoms with Crippen molar-refractivity contribution in [3.8, 4) is 0 Å². The summed E-state index contributed by atoms with van der Waals surface area (Å²) in [5.74, 6) is 0.638. The van der Waals surface area contributed by atoms with Gasteiger partial charge >= 0.3 is 0 Å². The number of aliphatic hydroxyl groups excluding tert-OH is 1. The highest BCUT2D eigenvalue weighted by molar-refractivity contribution is 5.96. The molecule has 10 heteroatoms. The maximum atomic E-state index is 12.4. The normalized spacial score (nSPS) is 14.7. The van der Waals surface area contributed by atoms with Gasteiger partial charge < -0.3 is 14.9 Å². The van der Waals surface area contributed by atoms with Gasteiger partial charge in [0.25, 0.3) is 0 Å². The second kappa shape index (κ2) is 10.3. The van der Waals surface area contributed by atoms with Gasteiger partial charge in [-0.1, -0.05) is 11.3 Å². The predicted octanol–water partition coefficient (Wildman–Crippen LogP) is 2.24. The first-order valence-corrected chi connectivity index (χ1v) is 11.7. The maximum absolute atomic E-state index is 12.4. The number of rotatable bonds is 8. The van der Waals surface area contributed by atoms with Gasteiger partial charge in [-0.15, -0.1) is 5.10 Å². The fourth-order valence-corrected chi connectivity index (χ4v) is 4.34. The lowest BCUT2D eigenvalue weighted by Crippen LogP contribution is -2.40. The van der Waals surface area contributed by atoms with E-state index in [1.165, 1.54) is 12.4 Å². The highest BCUT2D eigenvalue weighted by Gasteiger charge is 2.24. The fourth-order valence-electron chi connectivity index (χ4n) is 4.34. The molecule has 3 aromatic rings. The summed E-state index contributed by atoms with van der Waals surface area (Å²) in [5.41, 5.74) is 3.19. The molecule has 0 bridgehead atoms. The smallest absolute Gasteiger partial charge is 0.225 e. The van der Waals surface area contributed by atoms with Crippen LogP contribution in [0.4, 0.5) is 5.95 Å². The topological polar surface area (TPSA) is 117 Å². The van der Waals surface area contributed by atoms with Gasteiger partial charge in [0, 0.05) is 51.5 Å². The zero-order valence-electron chi connectivity index (χ0n) is 19.9. The Morgan fingerprint density at radius 3 is 2.50 bits per heavy atom. The van der Waals surface area contributed by atoms with Crippen molar-refractivity contribution in [2.45, 2.75) is 46.2 Å². The van der Waals surface area contributed by atoms with Gasteiger partial charge in [0.05, 0.1) is 11.1 Å². The molecule has 0 spiro atoms. The number of carbonyl (C=O) groups is 2. The number of amides is 1. The number of hydrogen-bond acceptors (Lipinski definition) is 8. The molecule has 2 aromatic heterocycles. The molecule has 1 aliphatic rings. The minimum absolute atomic E-state index is 0.0563. The van der Waals surface area contributed by atoms with Gasteiger partial charge in [-0.05, 0) is 50.3 Å². The van der Waals surface area contributed by atoms with Crippen molar-refractivity contribution in [3.63, 3.8) is 0 Å². The summed E-state index contributed by atoms with van der Waals surface area (Å²) in [6.45, 7) is 8.03. The van der Waals surface area contributed by atoms with Crippen LogP contribution in [0.15, 0.2) is 30.6 Å². The molecule has 1 aliphatic heterocycles. The number of carbonyl (C=O) groups excluding carboxylic acids is 2. The number of aliphatic hydroxyl groups is 1. The molecule has 0 aliphatic carbocycles. The van der Waals surface area contributed by atoms with Gasteiger partial charge in [-0.3, -0.25) is 9.59 Å². The molecule has 0 unspecified atom stereocenters. The molecule has 1 fully saturated rings. The molecular formula is C24H31N7O3. The molecule has 0 saturated carbocycles. The number of fused-ring (bicyclic) bond motifs is 1. The number of ketones is 1. The van der Waals surface area contributed by atoms with Crippen LogP contribution >= 0.6 is 0 Å². The Labute approximate surface area is 198 Å². The van der Waals surface area contributed by atoms with E-state index in [4.69, 9.17) is 5.11 Å². The van der Waals surface area contributed by atoms with E-state index in [0.29, 0.717) is 30.5 Å². The second-order valence-electron chi connectivity index (χ2n) is 9.13. The number of benzene rings is 1. The van der Waals surface area contributed by atoms with Crippen molar-refractivity contribution in [2.75, 3.05) is 31.1 Å². The Hall–Kier alpha value is -3.40. The number of aromatic nitrogens is 5. The van der Waals surface area contributed by atoms with Crippen LogP contribution < -0.4 is 4.90 Å². The lowest BCUT2D eigenvalue weighted by Gasteiger charge is -2.34. The second-order valence-corrected chi connectivity index (χ2v) is 9.13. The van der Waals surface area contributed by atoms with E-state index in [-0.39, 0.29) is 11.9 Å². The van der Waals surface area contributed by atoms with Crippen LogP contribution in [-0.4, -0.2) is 72.9 Å². The number of nitrogens with zero attached hydrogens (tertiary/aromatic N) is 7. The number of hydrogen-bond donors (Lipinski definition) is 1. The Morgan fingerprint density at radius 2 is 1.88 bits per heavy atom. The quantitative estimate of drug-likeness (QED) is 0.504. The molecule has 1 aromatic carbocycles. The molecular weight excluding hydrogens is 434 g/mol. The van der Waals surface area contributed by atoms with E-state index in [1.807, 2.05) is 27.8 Å². The predicted molar refractivity (Wildman–Crippen MR) is 127 cm³/mol. The number of anilines is 1. The molecule has 0 radical (unpaired) electrons. The highest BCUT2D eigenvalue weighted by atomic mass is 16.3. The van der Waals surface area contributed by atoms with Crippen LogP contribution in [-0.2, 0) is 11.3 Å². The van der Waals surface area contributed by atoms with E-state index in [0.717, 1.165) is 42.5 Å². The summed E-state index contributed by atoms with van der Waals surface area (Å²) in [6.07, 6.45) is 4.76. The Bertz CT molecular complexity index is 1150. The lowest BCUT2D eigenvalue weighted by atomic mass is 9.96. The van der Waals surface area contributed by atoms with E-state index in [1.54, 1.807) is 6.92 Å². The largest absolute Gasteiger partial charge is 0.388 e. The number of piperidine rings is 1. The summed E-state index contributed by atoms with van der Waals surface area (Å²) in [5, 5.41) is 17.5. The lowest BCUT2D eigenvalue weighted by molar-refractivity contribution is -0.130. The first-order valence-electron chi connectivity index (χ1n) is 11.7. The van der Waals surface area contributed by atoms with Gasteiger partial charge in [-0.2, -0.15) is 0 Å². The zero-order valence-corrected chi connectivity index (χ0v) is 19.9.